The Morgan fingerprint density at radius 2 is 1.85 bits per heavy atom. The predicted octanol–water partition coefficient (Wildman–Crippen LogP) is 3.27. The van der Waals surface area contributed by atoms with E-state index < -0.39 is 27.7 Å². The zero-order valence-corrected chi connectivity index (χ0v) is 18.9. The zero-order chi connectivity index (χ0) is 24.1. The number of halogens is 3. The molecule has 2 aromatic rings. The average molecular weight is 486 g/mol. The fraction of sp³-hybridized carbons (Fsp3) is 0.409. The minimum Gasteiger partial charge on any atom is -0.379 e. The molecule has 0 bridgehead atoms. The second kappa shape index (κ2) is 10.6. The maximum absolute atomic E-state index is 12.9. The van der Waals surface area contributed by atoms with Crippen LogP contribution in [-0.4, -0.2) is 58.6 Å². The van der Waals surface area contributed by atoms with E-state index in [0.717, 1.165) is 31.8 Å². The van der Waals surface area contributed by atoms with E-state index in [4.69, 9.17) is 4.74 Å². The lowest BCUT2D eigenvalue weighted by Gasteiger charge is -2.26. The number of amides is 1. The van der Waals surface area contributed by atoms with Gasteiger partial charge < -0.3 is 10.1 Å². The van der Waals surface area contributed by atoms with E-state index >= 15 is 0 Å². The van der Waals surface area contributed by atoms with Crippen LogP contribution in [0.5, 0.6) is 0 Å². The highest BCUT2D eigenvalue weighted by Crippen LogP contribution is 2.30. The largest absolute Gasteiger partial charge is 0.416 e. The molecule has 3 rings (SSSR count). The van der Waals surface area contributed by atoms with E-state index in [0.29, 0.717) is 25.2 Å². The number of aryl methyl sites for hydroxylation is 1. The molecule has 7 nitrogen and oxygen atoms in total. The van der Waals surface area contributed by atoms with Gasteiger partial charge in [0.1, 0.15) is 0 Å². The summed E-state index contributed by atoms with van der Waals surface area (Å²) in [6.45, 7) is 5.56. The van der Waals surface area contributed by atoms with E-state index in [-0.39, 0.29) is 22.7 Å². The Bertz CT molecular complexity index is 1080. The van der Waals surface area contributed by atoms with Gasteiger partial charge in [0.15, 0.2) is 0 Å². The number of ether oxygens (including phenoxy) is 1. The van der Waals surface area contributed by atoms with Gasteiger partial charge in [-0.05, 0) is 55.8 Å². The normalized spacial score (nSPS) is 15.4. The summed E-state index contributed by atoms with van der Waals surface area (Å²) in [5.41, 5.74) is -0.382. The fourth-order valence-corrected chi connectivity index (χ4v) is 4.50. The van der Waals surface area contributed by atoms with Crippen molar-refractivity contribution in [3.63, 3.8) is 0 Å². The van der Waals surface area contributed by atoms with Crippen LogP contribution in [0, 0.1) is 6.92 Å². The zero-order valence-electron chi connectivity index (χ0n) is 18.1. The third-order valence-electron chi connectivity index (χ3n) is 5.26. The Balaban J connectivity index is 1.66. The highest BCUT2D eigenvalue weighted by molar-refractivity contribution is 7.89. The van der Waals surface area contributed by atoms with Crippen LogP contribution >= 0.6 is 0 Å². The van der Waals surface area contributed by atoms with Crippen molar-refractivity contribution in [1.82, 2.24) is 9.62 Å². The van der Waals surface area contributed by atoms with Crippen LogP contribution in [0.15, 0.2) is 47.4 Å². The number of morpholine rings is 1. The molecule has 0 unspecified atom stereocenters. The minimum absolute atomic E-state index is 0.0382. The quantitative estimate of drug-likeness (QED) is 0.561. The monoisotopic (exact) mass is 485 g/mol. The van der Waals surface area contributed by atoms with E-state index in [1.54, 1.807) is 6.92 Å². The molecule has 11 heteroatoms. The summed E-state index contributed by atoms with van der Waals surface area (Å²) < 4.78 is 71.9. The van der Waals surface area contributed by atoms with E-state index in [2.05, 4.69) is 14.9 Å². The number of hydrogen-bond acceptors (Lipinski definition) is 5. The van der Waals surface area contributed by atoms with Crippen molar-refractivity contribution in [2.75, 3.05) is 44.7 Å². The molecule has 1 aliphatic rings. The number of sulfonamides is 1. The number of benzene rings is 2. The smallest absolute Gasteiger partial charge is 0.379 e. The molecule has 2 aromatic carbocycles. The van der Waals surface area contributed by atoms with Gasteiger partial charge >= 0.3 is 6.18 Å². The fourth-order valence-electron chi connectivity index (χ4n) is 3.40. The lowest BCUT2D eigenvalue weighted by Crippen LogP contribution is -2.38. The van der Waals surface area contributed by atoms with Gasteiger partial charge in [-0.3, -0.25) is 9.69 Å². The summed E-state index contributed by atoms with van der Waals surface area (Å²) in [5, 5.41) is 2.41. The number of nitrogens with zero attached hydrogens (tertiary/aromatic N) is 1. The molecule has 0 saturated carbocycles. The summed E-state index contributed by atoms with van der Waals surface area (Å²) >= 11 is 0. The number of anilines is 1. The summed E-state index contributed by atoms with van der Waals surface area (Å²) in [5.74, 6) is -0.698. The molecule has 33 heavy (non-hydrogen) atoms. The Morgan fingerprint density at radius 1 is 1.12 bits per heavy atom. The van der Waals surface area contributed by atoms with Gasteiger partial charge in [0, 0.05) is 30.9 Å². The molecule has 1 heterocycles. The van der Waals surface area contributed by atoms with E-state index in [1.165, 1.54) is 30.3 Å². The molecule has 0 spiro atoms. The summed E-state index contributed by atoms with van der Waals surface area (Å²) in [4.78, 5) is 14.8. The van der Waals surface area contributed by atoms with Crippen molar-refractivity contribution < 1.29 is 31.1 Å². The van der Waals surface area contributed by atoms with Crippen molar-refractivity contribution >= 4 is 21.6 Å². The second-order valence-electron chi connectivity index (χ2n) is 7.71. The van der Waals surface area contributed by atoms with E-state index in [9.17, 15) is 26.4 Å². The Hall–Kier alpha value is -2.47. The molecule has 1 saturated heterocycles. The average Bonchev–Trinajstić information content (AvgIpc) is 2.77. The van der Waals surface area contributed by atoms with Gasteiger partial charge in [-0.2, -0.15) is 13.2 Å². The first-order valence-electron chi connectivity index (χ1n) is 10.5. The molecule has 0 aliphatic carbocycles. The topological polar surface area (TPSA) is 87.7 Å². The van der Waals surface area contributed by atoms with Gasteiger partial charge in [0.25, 0.3) is 5.91 Å². The first-order chi connectivity index (χ1) is 15.6. The third kappa shape index (κ3) is 7.00. The maximum atomic E-state index is 12.9. The molecular weight excluding hydrogens is 459 g/mol. The van der Waals surface area contributed by atoms with Crippen LogP contribution in [0.25, 0.3) is 0 Å². The van der Waals surface area contributed by atoms with Crippen molar-refractivity contribution in [3.05, 3.63) is 59.2 Å². The number of carbonyl (C=O) groups excluding carboxylic acids is 1. The van der Waals surface area contributed by atoms with Crippen LogP contribution in [-0.2, 0) is 20.9 Å². The number of hydrogen-bond donors (Lipinski definition) is 2. The first kappa shape index (κ1) is 25.2. The van der Waals surface area contributed by atoms with Gasteiger partial charge in [-0.1, -0.05) is 12.1 Å². The number of alkyl halides is 3. The maximum Gasteiger partial charge on any atom is 0.416 e. The molecule has 0 atom stereocenters. The SMILES string of the molecule is Cc1ccc(S(=O)(=O)NCCCN2CCOCC2)cc1C(=O)Nc1cccc(C(F)(F)F)c1. The standard InChI is InChI=1S/C22H26F3N3O4S/c1-16-6-7-19(33(30,31)26-8-3-9-28-10-12-32-13-11-28)15-20(16)21(29)27-18-5-2-4-17(14-18)22(23,24)25/h2,4-7,14-15,26H,3,8-13H2,1H3,(H,27,29). The van der Waals surface area contributed by atoms with Gasteiger partial charge in [0.05, 0.1) is 23.7 Å². The van der Waals surface area contributed by atoms with Crippen molar-refractivity contribution in [2.24, 2.45) is 0 Å². The first-order valence-corrected chi connectivity index (χ1v) is 11.9. The van der Waals surface area contributed by atoms with Crippen molar-refractivity contribution in [2.45, 2.75) is 24.4 Å². The molecule has 0 radical (unpaired) electrons. The van der Waals surface area contributed by atoms with Crippen LogP contribution < -0.4 is 10.0 Å². The van der Waals surface area contributed by atoms with Crippen molar-refractivity contribution in [1.29, 1.82) is 0 Å². The van der Waals surface area contributed by atoms with Crippen LogP contribution in [0.1, 0.15) is 27.9 Å². The number of carbonyl (C=O) groups is 1. The van der Waals surface area contributed by atoms with Crippen LogP contribution in [0.3, 0.4) is 0 Å². The van der Waals surface area contributed by atoms with Gasteiger partial charge in [-0.25, -0.2) is 13.1 Å². The minimum atomic E-state index is -4.54. The van der Waals surface area contributed by atoms with Crippen molar-refractivity contribution in [3.8, 4) is 0 Å². The van der Waals surface area contributed by atoms with Gasteiger partial charge in [0.2, 0.25) is 10.0 Å². The summed E-state index contributed by atoms with van der Waals surface area (Å²) in [6.07, 6.45) is -3.92. The van der Waals surface area contributed by atoms with E-state index in [1.807, 2.05) is 0 Å². The highest BCUT2D eigenvalue weighted by Gasteiger charge is 2.30. The lowest BCUT2D eigenvalue weighted by molar-refractivity contribution is -0.137. The molecule has 0 aromatic heterocycles. The Kier molecular flexibility index (Phi) is 8.11. The Labute approximate surface area is 191 Å². The second-order valence-corrected chi connectivity index (χ2v) is 9.48. The molecule has 1 aliphatic heterocycles. The lowest BCUT2D eigenvalue weighted by atomic mass is 10.1. The number of rotatable bonds is 8. The summed E-state index contributed by atoms with van der Waals surface area (Å²) in [6, 6.07) is 8.35. The van der Waals surface area contributed by atoms with Crippen LogP contribution in [0.4, 0.5) is 18.9 Å². The highest BCUT2D eigenvalue weighted by atomic mass is 32.2. The molecule has 180 valence electrons. The molecule has 2 N–H and O–H groups in total. The third-order valence-corrected chi connectivity index (χ3v) is 6.72. The predicted molar refractivity (Wildman–Crippen MR) is 118 cm³/mol. The molecular formula is C22H26F3N3O4S. The Morgan fingerprint density at radius 3 is 2.55 bits per heavy atom. The molecule has 1 amide bonds. The van der Waals surface area contributed by atoms with Gasteiger partial charge in [-0.15, -0.1) is 0 Å². The molecule has 1 fully saturated rings. The number of nitrogens with one attached hydrogen (secondary N) is 2. The summed E-state index contributed by atoms with van der Waals surface area (Å²) in [7, 11) is -3.86. The van der Waals surface area contributed by atoms with Crippen LogP contribution in [0.2, 0.25) is 0 Å².